The molecule has 56 heavy (non-hydrogen) atoms. The van der Waals surface area contributed by atoms with Crippen LogP contribution < -0.4 is 36.5 Å². The number of nitrogens with two attached hydrogens (primary N) is 1. The average molecular weight is 768 g/mol. The maximum Gasteiger partial charge on any atom is 0.326 e. The zero-order valence-electron chi connectivity index (χ0n) is 31.8. The lowest BCUT2D eigenvalue weighted by atomic mass is 9.92. The monoisotopic (exact) mass is 767 g/mol. The normalized spacial score (nSPS) is 12.5. The summed E-state index contributed by atoms with van der Waals surface area (Å²) in [5.74, 6) is -2.55. The summed E-state index contributed by atoms with van der Waals surface area (Å²) < 4.78 is 10.6. The van der Waals surface area contributed by atoms with Crippen LogP contribution in [0.1, 0.15) is 31.4 Å². The minimum atomic E-state index is -1.19. The van der Waals surface area contributed by atoms with Crippen LogP contribution in [0.5, 0.6) is 17.2 Å². The summed E-state index contributed by atoms with van der Waals surface area (Å²) in [6.45, 7) is 2.68. The van der Waals surface area contributed by atoms with Gasteiger partial charge in [-0.15, -0.1) is 0 Å². The van der Waals surface area contributed by atoms with Crippen molar-refractivity contribution in [2.24, 2.45) is 11.7 Å². The predicted molar refractivity (Wildman–Crippen MR) is 211 cm³/mol. The molecule has 0 aliphatic rings. The van der Waals surface area contributed by atoms with Gasteiger partial charge in [0.05, 0.1) is 33.4 Å². The Morgan fingerprint density at radius 3 is 1.70 bits per heavy atom. The van der Waals surface area contributed by atoms with Gasteiger partial charge in [-0.25, -0.2) is 4.79 Å². The van der Waals surface area contributed by atoms with Crippen molar-refractivity contribution in [1.29, 1.82) is 0 Å². The minimum Gasteiger partial charge on any atom is -0.507 e. The quantitative estimate of drug-likeness (QED) is 0.0739. The molecule has 0 saturated heterocycles. The predicted octanol–water partition coefficient (Wildman–Crippen LogP) is 3.19. The first-order valence-electron chi connectivity index (χ1n) is 18.1. The van der Waals surface area contributed by atoms with Crippen molar-refractivity contribution >= 4 is 29.6 Å². The molecule has 0 fully saturated rings. The highest BCUT2D eigenvalue weighted by Crippen LogP contribution is 2.40. The Hall–Kier alpha value is -6.41. The number of benzene rings is 4. The lowest BCUT2D eigenvalue weighted by Gasteiger charge is -2.22. The van der Waals surface area contributed by atoms with Gasteiger partial charge >= 0.3 is 5.97 Å². The first kappa shape index (κ1) is 42.3. The molecule has 4 aromatic rings. The fraction of sp³-hybridized carbons (Fsp3) is 0.310. The van der Waals surface area contributed by atoms with Gasteiger partial charge in [0.1, 0.15) is 29.3 Å². The molecule has 14 nitrogen and oxygen atoms in total. The third-order valence-corrected chi connectivity index (χ3v) is 8.89. The summed E-state index contributed by atoms with van der Waals surface area (Å²) >= 11 is 0. The van der Waals surface area contributed by atoms with Crippen LogP contribution in [0, 0.1) is 5.92 Å². The topological polar surface area (TPSA) is 218 Å². The average Bonchev–Trinajstić information content (AvgIpc) is 3.19. The largest absolute Gasteiger partial charge is 0.507 e. The van der Waals surface area contributed by atoms with E-state index in [4.69, 9.17) is 15.2 Å². The molecule has 0 radical (unpaired) electrons. The van der Waals surface area contributed by atoms with Gasteiger partial charge in [0.15, 0.2) is 0 Å². The van der Waals surface area contributed by atoms with Crippen LogP contribution in [0.4, 0.5) is 0 Å². The van der Waals surface area contributed by atoms with E-state index in [1.165, 1.54) is 0 Å². The van der Waals surface area contributed by atoms with Gasteiger partial charge in [0, 0.05) is 17.5 Å². The molecule has 14 heteroatoms. The van der Waals surface area contributed by atoms with Crippen LogP contribution >= 0.6 is 0 Å². The summed E-state index contributed by atoms with van der Waals surface area (Å²) in [6, 6.07) is 23.4. The van der Waals surface area contributed by atoms with Gasteiger partial charge in [-0.1, -0.05) is 68.4 Å². The molecule has 0 saturated carbocycles. The molecule has 3 atom stereocenters. The molecule has 0 spiro atoms. The number of phenols is 1. The van der Waals surface area contributed by atoms with E-state index in [9.17, 15) is 34.2 Å². The molecule has 0 bridgehead atoms. The number of phenolic OH excluding ortho intramolecular Hbond substituents is 1. The number of carbonyl (C=O) groups is 5. The number of amides is 4. The van der Waals surface area contributed by atoms with E-state index in [-0.39, 0.29) is 30.9 Å². The molecule has 0 heterocycles. The van der Waals surface area contributed by atoms with Crippen molar-refractivity contribution in [3.05, 3.63) is 102 Å². The van der Waals surface area contributed by atoms with Crippen LogP contribution in [0.3, 0.4) is 0 Å². The summed E-state index contributed by atoms with van der Waals surface area (Å²) in [4.78, 5) is 63.5. The SMILES string of the molecule is COc1ccc(-c2cc(C[C@H](N)C(=O)NCC(=O)NCC(=O)N[C@@H](Cc3ccccc3)C(=O)N[C@@H](CC(C)C)C(=O)O)cc(-c3ccc(OC)cc3)c2O)cc1. The number of ether oxygens (including phenoxy) is 2. The van der Waals surface area contributed by atoms with Crippen LogP contribution in [-0.2, 0) is 36.8 Å². The molecule has 8 N–H and O–H groups in total. The lowest BCUT2D eigenvalue weighted by molar-refractivity contribution is -0.142. The summed E-state index contributed by atoms with van der Waals surface area (Å²) in [5.41, 5.74) is 10.1. The Morgan fingerprint density at radius 2 is 1.20 bits per heavy atom. The smallest absolute Gasteiger partial charge is 0.326 e. The number of hydrogen-bond donors (Lipinski definition) is 7. The first-order chi connectivity index (χ1) is 26.8. The fourth-order valence-electron chi connectivity index (χ4n) is 5.95. The van der Waals surface area contributed by atoms with E-state index in [1.807, 2.05) is 38.1 Å². The Balaban J connectivity index is 1.38. The highest BCUT2D eigenvalue weighted by molar-refractivity contribution is 5.93. The van der Waals surface area contributed by atoms with Gasteiger partial charge in [-0.3, -0.25) is 19.2 Å². The zero-order chi connectivity index (χ0) is 40.8. The maximum absolute atomic E-state index is 13.2. The number of aromatic hydroxyl groups is 1. The van der Waals surface area contributed by atoms with Crippen molar-refractivity contribution in [3.8, 4) is 39.5 Å². The number of carboxylic acids is 1. The summed E-state index contributed by atoms with van der Waals surface area (Å²) in [5, 5.41) is 31.0. The molecule has 0 aromatic heterocycles. The maximum atomic E-state index is 13.2. The standard InChI is InChI=1S/C42H49N5O9/c1-25(2)18-36(42(53)54)47-41(52)35(22-26-8-6-5-7-9-26)46-38(49)24-44-37(48)23-45-40(51)34(43)21-27-19-32(28-10-14-30(55-3)15-11-28)39(50)33(20-27)29-12-16-31(56-4)17-13-29/h5-17,19-20,25,34-36,50H,18,21-24,43H2,1-4H3,(H,44,48)(H,45,51)(H,46,49)(H,47,52)(H,53,54)/t34-,35-,36-/m0/s1. The van der Waals surface area contributed by atoms with Gasteiger partial charge in [-0.05, 0) is 77.4 Å². The molecule has 296 valence electrons. The molecule has 4 aromatic carbocycles. The number of rotatable bonds is 19. The van der Waals surface area contributed by atoms with Crippen LogP contribution in [0.25, 0.3) is 22.3 Å². The molecule has 0 aliphatic carbocycles. The number of aliphatic carboxylic acids is 1. The molecular weight excluding hydrogens is 718 g/mol. The van der Waals surface area contributed by atoms with Crippen molar-refractivity contribution in [2.75, 3.05) is 27.3 Å². The van der Waals surface area contributed by atoms with E-state index >= 15 is 0 Å². The summed E-state index contributed by atoms with van der Waals surface area (Å²) in [7, 11) is 3.12. The van der Waals surface area contributed by atoms with Gasteiger partial charge in [0.25, 0.3) is 0 Å². The molecule has 4 rings (SSSR count). The number of carboxylic acid groups (broad SMARTS) is 1. The van der Waals surface area contributed by atoms with E-state index in [2.05, 4.69) is 21.3 Å². The van der Waals surface area contributed by atoms with Crippen molar-refractivity contribution < 1.29 is 43.7 Å². The van der Waals surface area contributed by atoms with Crippen molar-refractivity contribution in [2.45, 2.75) is 51.2 Å². The van der Waals surface area contributed by atoms with E-state index in [0.717, 1.165) is 5.56 Å². The second-order valence-electron chi connectivity index (χ2n) is 13.6. The molecule has 4 amide bonds. The van der Waals surface area contributed by atoms with Crippen LogP contribution in [0.2, 0.25) is 0 Å². The van der Waals surface area contributed by atoms with Gasteiger partial charge < -0.3 is 46.7 Å². The molecule has 0 aliphatic heterocycles. The Labute approximate surface area is 325 Å². The highest BCUT2D eigenvalue weighted by Gasteiger charge is 2.28. The zero-order valence-corrected chi connectivity index (χ0v) is 31.8. The number of hydrogen-bond acceptors (Lipinski definition) is 9. The summed E-state index contributed by atoms with van der Waals surface area (Å²) in [6.07, 6.45) is 0.342. The minimum absolute atomic E-state index is 0.00690. The van der Waals surface area contributed by atoms with Gasteiger partial charge in [0.2, 0.25) is 23.6 Å². The van der Waals surface area contributed by atoms with Crippen molar-refractivity contribution in [3.63, 3.8) is 0 Å². The van der Waals surface area contributed by atoms with E-state index < -0.39 is 60.8 Å². The first-order valence-corrected chi connectivity index (χ1v) is 18.1. The van der Waals surface area contributed by atoms with Crippen LogP contribution in [0.15, 0.2) is 91.0 Å². The second kappa shape index (κ2) is 20.3. The van der Waals surface area contributed by atoms with Gasteiger partial charge in [-0.2, -0.15) is 0 Å². The number of carbonyl (C=O) groups excluding carboxylic acids is 4. The van der Waals surface area contributed by atoms with E-state index in [1.54, 1.807) is 80.9 Å². The molecule has 0 unspecified atom stereocenters. The van der Waals surface area contributed by atoms with E-state index in [0.29, 0.717) is 39.3 Å². The molecular formula is C42H49N5O9. The lowest BCUT2D eigenvalue weighted by Crippen LogP contribution is -2.54. The Bertz CT molecular complexity index is 1900. The number of nitrogens with one attached hydrogen (secondary N) is 4. The third-order valence-electron chi connectivity index (χ3n) is 8.89. The Kier molecular flexibility index (Phi) is 15.4. The third kappa shape index (κ3) is 12.3. The highest BCUT2D eigenvalue weighted by atomic mass is 16.5. The van der Waals surface area contributed by atoms with Crippen molar-refractivity contribution in [1.82, 2.24) is 21.3 Å². The number of methoxy groups -OCH3 is 2. The fourth-order valence-corrected chi connectivity index (χ4v) is 5.95. The van der Waals surface area contributed by atoms with Crippen LogP contribution in [-0.4, -0.2) is 85.2 Å². The Morgan fingerprint density at radius 1 is 0.661 bits per heavy atom. The second-order valence-corrected chi connectivity index (χ2v) is 13.6.